The van der Waals surface area contributed by atoms with Crippen LogP contribution < -0.4 is 5.32 Å². The van der Waals surface area contributed by atoms with E-state index in [1.54, 1.807) is 24.3 Å². The molecule has 6 heteroatoms. The van der Waals surface area contributed by atoms with Gasteiger partial charge in [0.1, 0.15) is 11.8 Å². The predicted octanol–water partition coefficient (Wildman–Crippen LogP) is 3.05. The Kier molecular flexibility index (Phi) is 3.97. The van der Waals surface area contributed by atoms with Gasteiger partial charge in [-0.1, -0.05) is 30.3 Å². The maximum absolute atomic E-state index is 13.7. The van der Waals surface area contributed by atoms with Crippen molar-refractivity contribution in [3.63, 3.8) is 0 Å². The zero-order valence-electron chi connectivity index (χ0n) is 11.9. The number of halogens is 3. The topological polar surface area (TPSA) is 35.5 Å². The molecule has 0 aliphatic carbocycles. The highest BCUT2D eigenvalue weighted by atomic mass is 19.4. The van der Waals surface area contributed by atoms with E-state index in [1.807, 2.05) is 0 Å². The first kappa shape index (κ1) is 15.1. The fourth-order valence-electron chi connectivity index (χ4n) is 3.07. The lowest BCUT2D eigenvalue weighted by Crippen LogP contribution is -2.49. The van der Waals surface area contributed by atoms with Crippen molar-refractivity contribution in [2.75, 3.05) is 26.2 Å². The number of piperazine rings is 1. The summed E-state index contributed by atoms with van der Waals surface area (Å²) in [6.45, 7) is 1.78. The number of benzene rings is 2. The van der Waals surface area contributed by atoms with Gasteiger partial charge in [-0.05, 0) is 17.0 Å². The number of fused-ring (bicyclic) bond motifs is 1. The molecule has 1 fully saturated rings. The van der Waals surface area contributed by atoms with E-state index < -0.39 is 12.2 Å². The Morgan fingerprint density at radius 1 is 1.00 bits per heavy atom. The number of hydrogen-bond donors (Lipinski definition) is 2. The molecule has 0 spiro atoms. The number of phenols is 1. The molecule has 3 nitrogen and oxygen atoms in total. The van der Waals surface area contributed by atoms with Gasteiger partial charge < -0.3 is 10.4 Å². The lowest BCUT2D eigenvalue weighted by molar-refractivity contribution is -0.187. The van der Waals surface area contributed by atoms with Gasteiger partial charge in [0, 0.05) is 31.6 Å². The number of aromatic hydroxyl groups is 1. The molecule has 2 aromatic carbocycles. The molecular weight excluding hydrogens is 293 g/mol. The van der Waals surface area contributed by atoms with Crippen LogP contribution >= 0.6 is 0 Å². The van der Waals surface area contributed by atoms with Crippen molar-refractivity contribution in [1.82, 2.24) is 10.2 Å². The van der Waals surface area contributed by atoms with Crippen LogP contribution in [0.2, 0.25) is 0 Å². The summed E-state index contributed by atoms with van der Waals surface area (Å²) in [6, 6.07) is 7.75. The fraction of sp³-hybridized carbons (Fsp3) is 0.375. The van der Waals surface area contributed by atoms with Gasteiger partial charge in [-0.3, -0.25) is 4.90 Å². The Bertz CT molecular complexity index is 666. The van der Waals surface area contributed by atoms with Crippen LogP contribution in [0.1, 0.15) is 11.6 Å². The van der Waals surface area contributed by atoms with Crippen LogP contribution in [0.3, 0.4) is 0 Å². The highest BCUT2D eigenvalue weighted by molar-refractivity contribution is 5.91. The van der Waals surface area contributed by atoms with Crippen molar-refractivity contribution >= 4 is 10.8 Å². The monoisotopic (exact) mass is 310 g/mol. The smallest absolute Gasteiger partial charge is 0.408 e. The van der Waals surface area contributed by atoms with E-state index in [9.17, 15) is 18.3 Å². The summed E-state index contributed by atoms with van der Waals surface area (Å²) in [6.07, 6.45) is -4.36. The molecule has 1 heterocycles. The Morgan fingerprint density at radius 2 is 1.64 bits per heavy atom. The van der Waals surface area contributed by atoms with Crippen molar-refractivity contribution in [3.8, 4) is 5.75 Å². The second kappa shape index (κ2) is 5.78. The number of nitrogens with zero attached hydrogens (tertiary/aromatic N) is 1. The van der Waals surface area contributed by atoms with Crippen LogP contribution in [0.15, 0.2) is 36.4 Å². The van der Waals surface area contributed by atoms with E-state index in [0.29, 0.717) is 37.0 Å². The molecule has 0 amide bonds. The van der Waals surface area contributed by atoms with Crippen LogP contribution in [-0.2, 0) is 0 Å². The minimum absolute atomic E-state index is 0.000542. The van der Waals surface area contributed by atoms with Gasteiger partial charge in [0.15, 0.2) is 0 Å². The van der Waals surface area contributed by atoms with E-state index in [-0.39, 0.29) is 11.3 Å². The Balaban J connectivity index is 2.14. The molecule has 0 aromatic heterocycles. The maximum Gasteiger partial charge on any atom is 0.408 e. The molecule has 1 atom stereocenters. The second-order valence-electron chi connectivity index (χ2n) is 5.45. The summed E-state index contributed by atoms with van der Waals surface area (Å²) < 4.78 is 41.1. The van der Waals surface area contributed by atoms with Gasteiger partial charge in [0.05, 0.1) is 0 Å². The molecule has 0 unspecified atom stereocenters. The number of phenolic OH excluding ortho intramolecular Hbond substituents is 1. The van der Waals surface area contributed by atoms with Crippen molar-refractivity contribution < 1.29 is 18.3 Å². The Morgan fingerprint density at radius 3 is 2.27 bits per heavy atom. The van der Waals surface area contributed by atoms with E-state index in [1.165, 1.54) is 17.0 Å². The first-order valence-corrected chi connectivity index (χ1v) is 7.20. The summed E-state index contributed by atoms with van der Waals surface area (Å²) >= 11 is 0. The molecular formula is C16H17F3N2O. The SMILES string of the molecule is Oc1ccc([C@@H](N2CCNCC2)C(F)(F)F)c2ccccc12. The maximum atomic E-state index is 13.7. The molecule has 22 heavy (non-hydrogen) atoms. The van der Waals surface area contributed by atoms with E-state index in [2.05, 4.69) is 5.32 Å². The third-order valence-electron chi connectivity index (χ3n) is 4.06. The molecule has 2 aromatic rings. The normalized spacial score (nSPS) is 18.5. The summed E-state index contributed by atoms with van der Waals surface area (Å²) in [5.41, 5.74) is 0.197. The summed E-state index contributed by atoms with van der Waals surface area (Å²) in [7, 11) is 0. The summed E-state index contributed by atoms with van der Waals surface area (Å²) in [5.74, 6) is 0.000542. The van der Waals surface area contributed by atoms with Gasteiger partial charge in [-0.25, -0.2) is 0 Å². The zero-order valence-corrected chi connectivity index (χ0v) is 11.9. The minimum Gasteiger partial charge on any atom is -0.507 e. The second-order valence-corrected chi connectivity index (χ2v) is 5.45. The van der Waals surface area contributed by atoms with Gasteiger partial charge in [-0.15, -0.1) is 0 Å². The highest BCUT2D eigenvalue weighted by Gasteiger charge is 2.45. The lowest BCUT2D eigenvalue weighted by atomic mass is 9.96. The van der Waals surface area contributed by atoms with Gasteiger partial charge in [0.25, 0.3) is 0 Å². The number of hydrogen-bond acceptors (Lipinski definition) is 3. The van der Waals surface area contributed by atoms with Gasteiger partial charge in [0.2, 0.25) is 0 Å². The van der Waals surface area contributed by atoms with Crippen molar-refractivity contribution in [1.29, 1.82) is 0 Å². The van der Waals surface area contributed by atoms with Crippen LogP contribution in [0.4, 0.5) is 13.2 Å². The molecule has 1 aliphatic heterocycles. The average Bonchev–Trinajstić information content (AvgIpc) is 2.50. The first-order chi connectivity index (χ1) is 10.5. The van der Waals surface area contributed by atoms with Crippen LogP contribution in [0.25, 0.3) is 10.8 Å². The Hall–Kier alpha value is -1.79. The third kappa shape index (κ3) is 2.76. The molecule has 2 N–H and O–H groups in total. The molecule has 118 valence electrons. The van der Waals surface area contributed by atoms with E-state index in [0.717, 1.165) is 0 Å². The van der Waals surface area contributed by atoms with Gasteiger partial charge in [-0.2, -0.15) is 13.2 Å². The standard InChI is InChI=1S/C16H17F3N2O/c17-16(18,19)15(21-9-7-20-8-10-21)13-5-6-14(22)12-4-2-1-3-11(12)13/h1-6,15,20,22H,7-10H2/t15-/m1/s1. The molecule has 0 radical (unpaired) electrons. The molecule has 3 rings (SSSR count). The van der Waals surface area contributed by atoms with Crippen molar-refractivity contribution in [2.45, 2.75) is 12.2 Å². The van der Waals surface area contributed by atoms with Crippen molar-refractivity contribution in [3.05, 3.63) is 42.0 Å². The van der Waals surface area contributed by atoms with E-state index in [4.69, 9.17) is 0 Å². The minimum atomic E-state index is -4.36. The van der Waals surface area contributed by atoms with E-state index >= 15 is 0 Å². The first-order valence-electron chi connectivity index (χ1n) is 7.20. The van der Waals surface area contributed by atoms with Crippen LogP contribution in [-0.4, -0.2) is 42.4 Å². The Labute approximate surface area is 126 Å². The molecule has 1 aliphatic rings. The zero-order chi connectivity index (χ0) is 15.7. The third-order valence-corrected chi connectivity index (χ3v) is 4.06. The van der Waals surface area contributed by atoms with Crippen LogP contribution in [0, 0.1) is 0 Å². The number of nitrogens with one attached hydrogen (secondary N) is 1. The highest BCUT2D eigenvalue weighted by Crippen LogP contribution is 2.42. The number of alkyl halides is 3. The molecule has 0 saturated carbocycles. The van der Waals surface area contributed by atoms with Crippen LogP contribution in [0.5, 0.6) is 5.75 Å². The summed E-state index contributed by atoms with van der Waals surface area (Å²) in [5, 5.41) is 13.9. The lowest BCUT2D eigenvalue weighted by Gasteiger charge is -2.36. The fourth-order valence-corrected chi connectivity index (χ4v) is 3.07. The largest absolute Gasteiger partial charge is 0.507 e. The predicted molar refractivity (Wildman–Crippen MR) is 78.9 cm³/mol. The molecule has 0 bridgehead atoms. The summed E-state index contributed by atoms with van der Waals surface area (Å²) in [4.78, 5) is 1.45. The number of rotatable bonds is 2. The van der Waals surface area contributed by atoms with Crippen molar-refractivity contribution in [2.24, 2.45) is 0 Å². The van der Waals surface area contributed by atoms with Gasteiger partial charge >= 0.3 is 6.18 Å². The average molecular weight is 310 g/mol. The molecule has 1 saturated heterocycles. The quantitative estimate of drug-likeness (QED) is 0.895.